The number of nitrogens with one attached hydrogen (secondary N) is 2. The van der Waals surface area contributed by atoms with E-state index in [1.165, 1.54) is 31.9 Å². The SMILES string of the molecule is COc1cc(C2Oc3cc(OC(CO)CO)c4c(c3CC2OCNC2CCCCC2)CC(Cc2ccc3[nH]ccc3c2)c2cc(O)ccc2-4)ccc1O. The van der Waals surface area contributed by atoms with Crippen molar-refractivity contribution in [3.8, 4) is 39.9 Å². The van der Waals surface area contributed by atoms with E-state index in [2.05, 4.69) is 34.6 Å². The summed E-state index contributed by atoms with van der Waals surface area (Å²) in [7, 11) is 1.52. The number of hydrogen-bond donors (Lipinski definition) is 6. The molecule has 1 aliphatic heterocycles. The van der Waals surface area contributed by atoms with Crippen LogP contribution in [0.3, 0.4) is 0 Å². The van der Waals surface area contributed by atoms with Crippen LogP contribution in [-0.4, -0.2) is 70.7 Å². The van der Waals surface area contributed by atoms with Gasteiger partial charge in [-0.15, -0.1) is 0 Å². The molecule has 6 N–H and O–H groups in total. The fourth-order valence-electron chi connectivity index (χ4n) is 8.55. The molecule has 0 amide bonds. The predicted molar refractivity (Wildman–Crippen MR) is 202 cm³/mol. The number of ether oxygens (including phenoxy) is 4. The molecule has 1 saturated carbocycles. The van der Waals surface area contributed by atoms with E-state index in [1.54, 1.807) is 18.2 Å². The number of benzene rings is 4. The van der Waals surface area contributed by atoms with Crippen LogP contribution in [0.15, 0.2) is 72.9 Å². The quantitative estimate of drug-likeness (QED) is 0.0766. The number of aromatic hydroxyl groups is 2. The van der Waals surface area contributed by atoms with Crippen molar-refractivity contribution in [2.75, 3.05) is 27.1 Å². The molecule has 5 aromatic rings. The number of rotatable bonds is 12. The Morgan fingerprint density at radius 2 is 1.74 bits per heavy atom. The first-order valence-electron chi connectivity index (χ1n) is 18.8. The molecule has 3 atom stereocenters. The molecule has 3 unspecified atom stereocenters. The van der Waals surface area contributed by atoms with Crippen molar-refractivity contribution in [3.63, 3.8) is 0 Å². The smallest absolute Gasteiger partial charge is 0.160 e. The van der Waals surface area contributed by atoms with E-state index in [0.29, 0.717) is 42.9 Å². The molecule has 1 aromatic heterocycles. The van der Waals surface area contributed by atoms with Crippen molar-refractivity contribution in [3.05, 3.63) is 101 Å². The number of aromatic amines is 1. The molecule has 2 aliphatic carbocycles. The Balaban J connectivity index is 1.22. The summed E-state index contributed by atoms with van der Waals surface area (Å²) in [4.78, 5) is 3.28. The lowest BCUT2D eigenvalue weighted by atomic mass is 9.73. The van der Waals surface area contributed by atoms with Crippen molar-refractivity contribution in [2.45, 2.75) is 81.6 Å². The minimum Gasteiger partial charge on any atom is -0.508 e. The third-order valence-corrected chi connectivity index (χ3v) is 11.3. The topological polar surface area (TPSA) is 146 Å². The van der Waals surface area contributed by atoms with Gasteiger partial charge in [-0.2, -0.15) is 0 Å². The van der Waals surface area contributed by atoms with E-state index < -0.39 is 12.2 Å². The van der Waals surface area contributed by atoms with E-state index in [0.717, 1.165) is 63.5 Å². The van der Waals surface area contributed by atoms with Crippen molar-refractivity contribution in [1.82, 2.24) is 10.3 Å². The van der Waals surface area contributed by atoms with Crippen LogP contribution in [0, 0.1) is 0 Å². The highest BCUT2D eigenvalue weighted by Gasteiger charge is 2.39. The molecule has 0 saturated heterocycles. The number of fused-ring (bicyclic) bond motifs is 6. The summed E-state index contributed by atoms with van der Waals surface area (Å²) in [5, 5.41) is 46.1. The van der Waals surface area contributed by atoms with Gasteiger partial charge >= 0.3 is 0 Å². The minimum absolute atomic E-state index is 0.0262. The summed E-state index contributed by atoms with van der Waals surface area (Å²) in [6, 6.07) is 21.6. The predicted octanol–water partition coefficient (Wildman–Crippen LogP) is 6.81. The van der Waals surface area contributed by atoms with Crippen LogP contribution < -0.4 is 19.5 Å². The molecule has 278 valence electrons. The third kappa shape index (κ3) is 7.16. The van der Waals surface area contributed by atoms with Gasteiger partial charge in [0, 0.05) is 41.4 Å². The molecule has 53 heavy (non-hydrogen) atoms. The van der Waals surface area contributed by atoms with Gasteiger partial charge < -0.3 is 44.4 Å². The van der Waals surface area contributed by atoms with E-state index in [1.807, 2.05) is 30.5 Å². The molecular weight excluding hydrogens is 672 g/mol. The highest BCUT2D eigenvalue weighted by molar-refractivity contribution is 5.83. The van der Waals surface area contributed by atoms with Gasteiger partial charge in [0.1, 0.15) is 29.5 Å². The Morgan fingerprint density at radius 1 is 0.887 bits per heavy atom. The summed E-state index contributed by atoms with van der Waals surface area (Å²) in [6.45, 7) is -0.352. The van der Waals surface area contributed by atoms with E-state index >= 15 is 0 Å². The molecular formula is C43H48N2O8. The number of phenols is 2. The van der Waals surface area contributed by atoms with Gasteiger partial charge in [0.25, 0.3) is 0 Å². The first-order valence-corrected chi connectivity index (χ1v) is 18.8. The lowest BCUT2D eigenvalue weighted by molar-refractivity contribution is -0.0480. The minimum atomic E-state index is -0.841. The summed E-state index contributed by atoms with van der Waals surface area (Å²) in [5.74, 6) is 1.74. The molecule has 4 aromatic carbocycles. The van der Waals surface area contributed by atoms with Crippen LogP contribution in [0.5, 0.6) is 28.7 Å². The normalized spacial score (nSPS) is 19.7. The van der Waals surface area contributed by atoms with Gasteiger partial charge in [-0.25, -0.2) is 0 Å². The van der Waals surface area contributed by atoms with Crippen LogP contribution in [0.25, 0.3) is 22.0 Å². The number of hydrogen-bond acceptors (Lipinski definition) is 9. The van der Waals surface area contributed by atoms with Crippen LogP contribution in [0.1, 0.15) is 71.9 Å². The maximum Gasteiger partial charge on any atom is 0.160 e. The number of phenolic OH excluding ortho intramolecular Hbond substituents is 2. The Kier molecular flexibility index (Phi) is 10.2. The fourth-order valence-corrected chi connectivity index (χ4v) is 8.55. The highest BCUT2D eigenvalue weighted by Crippen LogP contribution is 2.53. The second-order valence-corrected chi connectivity index (χ2v) is 14.6. The van der Waals surface area contributed by atoms with Crippen molar-refractivity contribution in [2.24, 2.45) is 0 Å². The van der Waals surface area contributed by atoms with Crippen LogP contribution in [0.4, 0.5) is 0 Å². The average Bonchev–Trinajstić information content (AvgIpc) is 3.65. The van der Waals surface area contributed by atoms with Gasteiger partial charge in [0.05, 0.1) is 27.1 Å². The molecule has 1 fully saturated rings. The van der Waals surface area contributed by atoms with Crippen molar-refractivity contribution < 1.29 is 39.4 Å². The molecule has 3 aliphatic rings. The van der Waals surface area contributed by atoms with Crippen molar-refractivity contribution in [1.29, 1.82) is 0 Å². The number of aromatic nitrogens is 1. The molecule has 10 heteroatoms. The summed E-state index contributed by atoms with van der Waals surface area (Å²) < 4.78 is 25.5. The Bertz CT molecular complexity index is 2070. The van der Waals surface area contributed by atoms with E-state index in [4.69, 9.17) is 18.9 Å². The Hall–Kier alpha value is -4.74. The number of H-pyrrole nitrogens is 1. The number of aliphatic hydroxyl groups excluding tert-OH is 2. The van der Waals surface area contributed by atoms with Crippen molar-refractivity contribution >= 4 is 10.9 Å². The molecule has 10 nitrogen and oxygen atoms in total. The summed E-state index contributed by atoms with van der Waals surface area (Å²) >= 11 is 0. The zero-order chi connectivity index (χ0) is 36.5. The zero-order valence-corrected chi connectivity index (χ0v) is 30.0. The van der Waals surface area contributed by atoms with Gasteiger partial charge in [0.2, 0.25) is 0 Å². The molecule has 0 radical (unpaired) electrons. The second-order valence-electron chi connectivity index (χ2n) is 14.6. The molecule has 8 rings (SSSR count). The maximum absolute atomic E-state index is 10.8. The first kappa shape index (κ1) is 35.3. The van der Waals surface area contributed by atoms with E-state index in [9.17, 15) is 20.4 Å². The number of aliphatic hydroxyl groups is 2. The van der Waals surface area contributed by atoms with Gasteiger partial charge in [-0.05, 0) is 107 Å². The van der Waals surface area contributed by atoms with E-state index in [-0.39, 0.29) is 36.7 Å². The lowest BCUT2D eigenvalue weighted by Crippen LogP contribution is -2.39. The largest absolute Gasteiger partial charge is 0.508 e. The lowest BCUT2D eigenvalue weighted by Gasteiger charge is -2.39. The second kappa shape index (κ2) is 15.3. The Morgan fingerprint density at radius 3 is 2.55 bits per heavy atom. The first-order chi connectivity index (χ1) is 25.9. The van der Waals surface area contributed by atoms with Crippen LogP contribution in [0.2, 0.25) is 0 Å². The molecule has 0 spiro atoms. The van der Waals surface area contributed by atoms with Gasteiger partial charge in [0.15, 0.2) is 17.6 Å². The maximum atomic E-state index is 10.8. The summed E-state index contributed by atoms with van der Waals surface area (Å²) in [6.07, 6.45) is 8.13. The van der Waals surface area contributed by atoms with Gasteiger partial charge in [-0.3, -0.25) is 5.32 Å². The van der Waals surface area contributed by atoms with Crippen LogP contribution in [-0.2, 0) is 24.0 Å². The average molecular weight is 721 g/mol. The third-order valence-electron chi connectivity index (χ3n) is 11.3. The number of methoxy groups -OCH3 is 1. The Labute approximate surface area is 309 Å². The molecule has 2 heterocycles. The standard InChI is InChI=1S/C43H48N2O8/c1-50-39-18-27(8-12-37(39)49)43-41(51-24-45-29-5-3-2-4-6-29)20-34-35-17-28(16-25-7-11-36-26(15-25)13-14-44-36)33-19-30(48)9-10-32(33)42(35)40(21-38(34)53-43)52-31(22-46)23-47/h7-15,18-19,21,28-29,31,41,43-49H,2-6,16-17,20,22-24H2,1H3. The van der Waals surface area contributed by atoms with Crippen LogP contribution >= 0.6 is 0 Å². The molecule has 0 bridgehead atoms. The zero-order valence-electron chi connectivity index (χ0n) is 30.0. The fraction of sp³-hybridized carbons (Fsp3) is 0.395. The van der Waals surface area contributed by atoms with Gasteiger partial charge in [-0.1, -0.05) is 37.5 Å². The highest BCUT2D eigenvalue weighted by atomic mass is 16.6. The summed E-state index contributed by atoms with van der Waals surface area (Å²) in [5.41, 5.74) is 7.98. The monoisotopic (exact) mass is 720 g/mol.